The van der Waals surface area contributed by atoms with E-state index in [1.165, 1.54) is 4.90 Å². The maximum atomic E-state index is 14.1. The van der Waals surface area contributed by atoms with Gasteiger partial charge in [0.05, 0.1) is 24.1 Å². The third-order valence-corrected chi connectivity index (χ3v) is 4.16. The third kappa shape index (κ3) is 3.36. The zero-order valence-corrected chi connectivity index (χ0v) is 13.4. The van der Waals surface area contributed by atoms with Crippen molar-refractivity contribution >= 4 is 11.7 Å². The molecule has 1 N–H and O–H groups in total. The van der Waals surface area contributed by atoms with Gasteiger partial charge in [0.1, 0.15) is 5.67 Å². The van der Waals surface area contributed by atoms with Gasteiger partial charge in [0.25, 0.3) is 0 Å². The average Bonchev–Trinajstić information content (AvgIpc) is 2.87. The van der Waals surface area contributed by atoms with Crippen molar-refractivity contribution in [2.24, 2.45) is 7.05 Å². The van der Waals surface area contributed by atoms with E-state index < -0.39 is 5.67 Å². The molecule has 1 saturated heterocycles. The predicted molar refractivity (Wildman–Crippen MR) is 88.0 cm³/mol. The fourth-order valence-electron chi connectivity index (χ4n) is 3.03. The predicted octanol–water partition coefficient (Wildman–Crippen LogP) is 3.44. The molecule has 3 rings (SSSR count). The van der Waals surface area contributed by atoms with Gasteiger partial charge in [-0.2, -0.15) is 5.10 Å². The molecule has 0 bridgehead atoms. The zero-order valence-electron chi connectivity index (χ0n) is 13.4. The summed E-state index contributed by atoms with van der Waals surface area (Å²) in [4.78, 5) is 14.0. The Hall–Kier alpha value is -2.37. The first-order valence-corrected chi connectivity index (χ1v) is 7.78. The molecule has 1 atom stereocenters. The fraction of sp³-hybridized carbons (Fsp3) is 0.412. The number of halogens is 1. The molecule has 0 aliphatic carbocycles. The number of aromatic nitrogens is 2. The van der Waals surface area contributed by atoms with E-state index in [0.29, 0.717) is 25.1 Å². The van der Waals surface area contributed by atoms with Crippen molar-refractivity contribution in [2.45, 2.75) is 25.4 Å². The summed E-state index contributed by atoms with van der Waals surface area (Å²) in [5.74, 6) is 0. The number of nitrogens with one attached hydrogen (secondary N) is 1. The smallest absolute Gasteiger partial charge is 0.321 e. The summed E-state index contributed by atoms with van der Waals surface area (Å²) in [5.41, 5.74) is 1.12. The minimum absolute atomic E-state index is 0.125. The fourth-order valence-corrected chi connectivity index (χ4v) is 3.03. The second-order valence-corrected chi connectivity index (χ2v) is 6.27. The molecule has 1 aromatic carbocycles. The number of nitrogens with zero attached hydrogens (tertiary/aromatic N) is 3. The number of rotatable bonds is 2. The number of carbonyl (C=O) groups excluding carboxylic acids is 1. The number of benzene rings is 1. The van der Waals surface area contributed by atoms with E-state index in [0.717, 1.165) is 11.3 Å². The summed E-state index contributed by atoms with van der Waals surface area (Å²) >= 11 is 0. The summed E-state index contributed by atoms with van der Waals surface area (Å²) in [5, 5.41) is 7.10. The van der Waals surface area contributed by atoms with E-state index in [1.807, 2.05) is 37.4 Å². The lowest BCUT2D eigenvalue weighted by Gasteiger charge is -2.35. The number of aryl methyl sites for hydroxylation is 1. The molecule has 1 fully saturated rings. The molecule has 2 heterocycles. The first-order valence-electron chi connectivity index (χ1n) is 7.78. The molecule has 122 valence electrons. The summed E-state index contributed by atoms with van der Waals surface area (Å²) in [6, 6.07) is 9.46. The third-order valence-electron chi connectivity index (χ3n) is 4.16. The number of hydrogen-bond donors (Lipinski definition) is 1. The van der Waals surface area contributed by atoms with Crippen LogP contribution in [0.4, 0.5) is 14.9 Å². The molecule has 6 heteroatoms. The summed E-state index contributed by atoms with van der Waals surface area (Å²) in [6.07, 6.45) is 2.80. The lowest BCUT2D eigenvalue weighted by atomic mass is 9.97. The van der Waals surface area contributed by atoms with Crippen LogP contribution in [-0.2, 0) is 7.05 Å². The van der Waals surface area contributed by atoms with Crippen molar-refractivity contribution in [1.82, 2.24) is 14.7 Å². The SMILES string of the molecule is Cn1ncc(NC(=O)N2CCCC(C)(F)C2)c1-c1ccccc1. The van der Waals surface area contributed by atoms with Gasteiger partial charge in [-0.1, -0.05) is 30.3 Å². The standard InChI is InChI=1S/C17H21FN4O/c1-17(18)9-6-10-22(12-17)16(23)20-14-11-19-21(2)15(14)13-7-4-3-5-8-13/h3-5,7-8,11H,6,9-10,12H2,1-2H3,(H,20,23). The molecular formula is C17H21FN4O. The van der Waals surface area contributed by atoms with E-state index in [-0.39, 0.29) is 12.6 Å². The van der Waals surface area contributed by atoms with E-state index in [9.17, 15) is 9.18 Å². The lowest BCUT2D eigenvalue weighted by molar-refractivity contribution is 0.0808. The topological polar surface area (TPSA) is 50.2 Å². The second-order valence-electron chi connectivity index (χ2n) is 6.27. The van der Waals surface area contributed by atoms with Gasteiger partial charge in [-0.3, -0.25) is 4.68 Å². The second kappa shape index (κ2) is 6.02. The van der Waals surface area contributed by atoms with Crippen molar-refractivity contribution in [1.29, 1.82) is 0 Å². The summed E-state index contributed by atoms with van der Waals surface area (Å²) in [7, 11) is 1.83. The molecule has 1 aromatic heterocycles. The van der Waals surface area contributed by atoms with E-state index in [4.69, 9.17) is 0 Å². The van der Waals surface area contributed by atoms with Crippen LogP contribution in [0.15, 0.2) is 36.5 Å². The summed E-state index contributed by atoms with van der Waals surface area (Å²) in [6.45, 7) is 2.25. The Morgan fingerprint density at radius 2 is 2.09 bits per heavy atom. The van der Waals surface area contributed by atoms with Gasteiger partial charge in [0.15, 0.2) is 0 Å². The molecule has 0 radical (unpaired) electrons. The van der Waals surface area contributed by atoms with E-state index >= 15 is 0 Å². The van der Waals surface area contributed by atoms with Gasteiger partial charge in [0, 0.05) is 19.2 Å². The van der Waals surface area contributed by atoms with Crippen LogP contribution in [0, 0.1) is 0 Å². The highest BCUT2D eigenvalue weighted by molar-refractivity contribution is 5.93. The molecule has 23 heavy (non-hydrogen) atoms. The molecule has 5 nitrogen and oxygen atoms in total. The first kappa shape index (κ1) is 15.5. The Labute approximate surface area is 135 Å². The Balaban J connectivity index is 1.80. The van der Waals surface area contributed by atoms with Gasteiger partial charge in [0.2, 0.25) is 0 Å². The number of likely N-dealkylation sites (tertiary alicyclic amines) is 1. The highest BCUT2D eigenvalue weighted by Crippen LogP contribution is 2.29. The maximum Gasteiger partial charge on any atom is 0.322 e. The Bertz CT molecular complexity index is 696. The van der Waals surface area contributed by atoms with Crippen molar-refractivity contribution in [2.75, 3.05) is 18.4 Å². The van der Waals surface area contributed by atoms with Crippen LogP contribution >= 0.6 is 0 Å². The number of anilines is 1. The van der Waals surface area contributed by atoms with Gasteiger partial charge >= 0.3 is 6.03 Å². The largest absolute Gasteiger partial charge is 0.322 e. The molecular weight excluding hydrogens is 295 g/mol. The molecule has 0 saturated carbocycles. The molecule has 1 aliphatic rings. The van der Waals surface area contributed by atoms with Crippen LogP contribution in [0.2, 0.25) is 0 Å². The quantitative estimate of drug-likeness (QED) is 0.922. The maximum absolute atomic E-state index is 14.1. The zero-order chi connectivity index (χ0) is 16.4. The normalized spacial score (nSPS) is 21.3. The number of urea groups is 1. The van der Waals surface area contributed by atoms with Gasteiger partial charge < -0.3 is 10.2 Å². The van der Waals surface area contributed by atoms with Crippen molar-refractivity contribution in [3.8, 4) is 11.3 Å². The van der Waals surface area contributed by atoms with Crippen molar-refractivity contribution in [3.63, 3.8) is 0 Å². The molecule has 2 amide bonds. The highest BCUT2D eigenvalue weighted by atomic mass is 19.1. The van der Waals surface area contributed by atoms with Crippen LogP contribution in [0.5, 0.6) is 0 Å². The van der Waals surface area contributed by atoms with Crippen molar-refractivity contribution < 1.29 is 9.18 Å². The minimum atomic E-state index is -1.31. The average molecular weight is 316 g/mol. The van der Waals surface area contributed by atoms with Crippen LogP contribution in [0.25, 0.3) is 11.3 Å². The van der Waals surface area contributed by atoms with Crippen molar-refractivity contribution in [3.05, 3.63) is 36.5 Å². The molecule has 0 spiro atoms. The number of hydrogen-bond acceptors (Lipinski definition) is 2. The number of amides is 2. The highest BCUT2D eigenvalue weighted by Gasteiger charge is 2.33. The van der Waals surface area contributed by atoms with E-state index in [2.05, 4.69) is 10.4 Å². The Morgan fingerprint density at radius 1 is 1.35 bits per heavy atom. The number of alkyl halides is 1. The summed E-state index contributed by atoms with van der Waals surface area (Å²) < 4.78 is 15.9. The number of piperidine rings is 1. The first-order chi connectivity index (χ1) is 11.0. The Kier molecular flexibility index (Phi) is 4.07. The minimum Gasteiger partial charge on any atom is -0.321 e. The van der Waals surface area contributed by atoms with Gasteiger partial charge in [-0.25, -0.2) is 9.18 Å². The van der Waals surface area contributed by atoms with Crippen LogP contribution < -0.4 is 5.32 Å². The molecule has 1 aliphatic heterocycles. The van der Waals surface area contributed by atoms with Crippen LogP contribution in [0.3, 0.4) is 0 Å². The van der Waals surface area contributed by atoms with E-state index in [1.54, 1.807) is 17.8 Å². The molecule has 2 aromatic rings. The Morgan fingerprint density at radius 3 is 2.78 bits per heavy atom. The van der Waals surface area contributed by atoms with Gasteiger partial charge in [-0.05, 0) is 19.8 Å². The molecule has 1 unspecified atom stereocenters. The van der Waals surface area contributed by atoms with Crippen LogP contribution in [0.1, 0.15) is 19.8 Å². The van der Waals surface area contributed by atoms with Gasteiger partial charge in [-0.15, -0.1) is 0 Å². The monoisotopic (exact) mass is 316 g/mol. The number of carbonyl (C=O) groups is 1. The van der Waals surface area contributed by atoms with Crippen LogP contribution in [-0.4, -0.2) is 39.5 Å². The lowest BCUT2D eigenvalue weighted by Crippen LogP contribution is -2.48.